The molecule has 1 aromatic heterocycles. The second-order valence-corrected chi connectivity index (χ2v) is 6.38. The van der Waals surface area contributed by atoms with Gasteiger partial charge in [-0.05, 0) is 35.8 Å². The molecule has 1 heterocycles. The molecule has 2 rings (SSSR count). The highest BCUT2D eigenvalue weighted by atomic mass is 32.1. The van der Waals surface area contributed by atoms with Crippen molar-refractivity contribution in [2.45, 2.75) is 39.3 Å². The van der Waals surface area contributed by atoms with Crippen LogP contribution in [0.5, 0.6) is 0 Å². The molecule has 0 spiro atoms. The lowest BCUT2D eigenvalue weighted by atomic mass is 9.74. The number of carbonyl (C=O) groups is 1. The standard InChI is InChI=1S/C12H13F3O2S/c1-11(2)4-3-6-7(5-11)9(12(13,14)15)18-8(6)10(16)17/h3-5H2,1-2H3,(H,16,17). The molecule has 0 amide bonds. The molecular weight excluding hydrogens is 265 g/mol. The van der Waals surface area contributed by atoms with Crippen LogP contribution in [0.3, 0.4) is 0 Å². The van der Waals surface area contributed by atoms with Crippen molar-refractivity contribution in [1.82, 2.24) is 0 Å². The first-order chi connectivity index (χ1) is 8.12. The van der Waals surface area contributed by atoms with Gasteiger partial charge in [-0.15, -0.1) is 11.3 Å². The molecule has 0 fully saturated rings. The molecule has 1 aromatic rings. The summed E-state index contributed by atoms with van der Waals surface area (Å²) in [6.45, 7) is 3.82. The summed E-state index contributed by atoms with van der Waals surface area (Å²) in [6.07, 6.45) is -3.04. The van der Waals surface area contributed by atoms with Crippen molar-refractivity contribution < 1.29 is 23.1 Å². The highest BCUT2D eigenvalue weighted by molar-refractivity contribution is 7.14. The Balaban J connectivity index is 2.60. The lowest BCUT2D eigenvalue weighted by molar-refractivity contribution is -0.135. The maximum absolute atomic E-state index is 12.9. The molecule has 0 atom stereocenters. The third-order valence-electron chi connectivity index (χ3n) is 3.28. The number of hydrogen-bond donors (Lipinski definition) is 1. The van der Waals surface area contributed by atoms with Gasteiger partial charge in [0.1, 0.15) is 9.75 Å². The van der Waals surface area contributed by atoms with E-state index in [4.69, 9.17) is 5.11 Å². The minimum atomic E-state index is -4.46. The summed E-state index contributed by atoms with van der Waals surface area (Å²) < 4.78 is 38.8. The van der Waals surface area contributed by atoms with Gasteiger partial charge in [0.05, 0.1) is 0 Å². The SMILES string of the molecule is CC1(C)CCc2c(C(=O)O)sc(C(F)(F)F)c2C1. The van der Waals surface area contributed by atoms with E-state index >= 15 is 0 Å². The van der Waals surface area contributed by atoms with Crippen LogP contribution in [0.1, 0.15) is 45.9 Å². The number of halogens is 3. The average molecular weight is 278 g/mol. The van der Waals surface area contributed by atoms with Gasteiger partial charge in [-0.25, -0.2) is 4.79 Å². The molecule has 0 saturated carbocycles. The second-order valence-electron chi connectivity index (χ2n) is 5.36. The first kappa shape index (κ1) is 13.4. The van der Waals surface area contributed by atoms with Gasteiger partial charge in [-0.2, -0.15) is 13.2 Å². The van der Waals surface area contributed by atoms with Crippen LogP contribution in [0, 0.1) is 5.41 Å². The van der Waals surface area contributed by atoms with E-state index in [9.17, 15) is 18.0 Å². The third kappa shape index (κ3) is 2.25. The van der Waals surface area contributed by atoms with E-state index < -0.39 is 17.0 Å². The van der Waals surface area contributed by atoms with Gasteiger partial charge < -0.3 is 5.11 Å². The van der Waals surface area contributed by atoms with E-state index in [1.165, 1.54) is 0 Å². The van der Waals surface area contributed by atoms with Crippen molar-refractivity contribution in [3.63, 3.8) is 0 Å². The lowest BCUT2D eigenvalue weighted by Gasteiger charge is -2.30. The maximum atomic E-state index is 12.9. The highest BCUT2D eigenvalue weighted by Crippen LogP contribution is 2.47. The minimum Gasteiger partial charge on any atom is -0.477 e. The van der Waals surface area contributed by atoms with Crippen LogP contribution in [0.4, 0.5) is 13.2 Å². The number of fused-ring (bicyclic) bond motifs is 1. The van der Waals surface area contributed by atoms with Gasteiger partial charge in [-0.1, -0.05) is 13.8 Å². The number of hydrogen-bond acceptors (Lipinski definition) is 2. The van der Waals surface area contributed by atoms with Crippen molar-refractivity contribution in [1.29, 1.82) is 0 Å². The first-order valence-corrected chi connectivity index (χ1v) is 6.38. The molecule has 0 radical (unpaired) electrons. The Hall–Kier alpha value is -1.04. The average Bonchev–Trinajstić information content (AvgIpc) is 2.53. The maximum Gasteiger partial charge on any atom is 0.425 e. The van der Waals surface area contributed by atoms with E-state index in [2.05, 4.69) is 0 Å². The normalized spacial score (nSPS) is 18.5. The molecule has 6 heteroatoms. The molecule has 18 heavy (non-hydrogen) atoms. The smallest absolute Gasteiger partial charge is 0.425 e. The quantitative estimate of drug-likeness (QED) is 0.843. The minimum absolute atomic E-state index is 0.146. The Labute approximate surface area is 106 Å². The fraction of sp³-hybridized carbons (Fsp3) is 0.583. The van der Waals surface area contributed by atoms with Crippen LogP contribution in [0.25, 0.3) is 0 Å². The number of aromatic carboxylic acids is 1. The third-order valence-corrected chi connectivity index (χ3v) is 4.58. The number of carboxylic acids is 1. The Kier molecular flexibility index (Phi) is 2.96. The van der Waals surface area contributed by atoms with Gasteiger partial charge in [0.15, 0.2) is 0 Å². The Morgan fingerprint density at radius 3 is 2.44 bits per heavy atom. The van der Waals surface area contributed by atoms with E-state index in [-0.39, 0.29) is 15.9 Å². The van der Waals surface area contributed by atoms with Gasteiger partial charge in [0.2, 0.25) is 0 Å². The zero-order chi connectivity index (χ0) is 13.7. The Bertz CT molecular complexity index is 500. The van der Waals surface area contributed by atoms with E-state index in [1.54, 1.807) is 0 Å². The summed E-state index contributed by atoms with van der Waals surface area (Å²) in [4.78, 5) is 10.1. The zero-order valence-electron chi connectivity index (χ0n) is 10.0. The number of thiophene rings is 1. The topological polar surface area (TPSA) is 37.3 Å². The number of alkyl halides is 3. The van der Waals surface area contributed by atoms with Crippen LogP contribution in [-0.4, -0.2) is 11.1 Å². The van der Waals surface area contributed by atoms with Crippen LogP contribution in [0.2, 0.25) is 0 Å². The van der Waals surface area contributed by atoms with Crippen molar-refractivity contribution in [2.75, 3.05) is 0 Å². The van der Waals surface area contributed by atoms with Crippen molar-refractivity contribution in [3.8, 4) is 0 Å². The molecule has 1 aliphatic carbocycles. The van der Waals surface area contributed by atoms with Crippen LogP contribution in [0.15, 0.2) is 0 Å². The number of carboxylic acid groups (broad SMARTS) is 1. The van der Waals surface area contributed by atoms with Crippen LogP contribution in [-0.2, 0) is 19.0 Å². The summed E-state index contributed by atoms with van der Waals surface area (Å²) in [6, 6.07) is 0. The molecule has 0 bridgehead atoms. The number of rotatable bonds is 1. The van der Waals surface area contributed by atoms with E-state index in [0.717, 1.165) is 0 Å². The first-order valence-electron chi connectivity index (χ1n) is 5.57. The second kappa shape index (κ2) is 3.98. The predicted molar refractivity (Wildman–Crippen MR) is 62.1 cm³/mol. The zero-order valence-corrected chi connectivity index (χ0v) is 10.8. The fourth-order valence-corrected chi connectivity index (χ4v) is 3.46. The van der Waals surface area contributed by atoms with Crippen molar-refractivity contribution in [2.24, 2.45) is 5.41 Å². The summed E-state index contributed by atoms with van der Waals surface area (Å²) in [5.74, 6) is -1.26. The van der Waals surface area contributed by atoms with Crippen LogP contribution >= 0.6 is 11.3 Å². The molecule has 1 N–H and O–H groups in total. The Morgan fingerprint density at radius 2 is 1.94 bits per heavy atom. The van der Waals surface area contributed by atoms with Crippen LogP contribution < -0.4 is 0 Å². The molecule has 0 aliphatic heterocycles. The molecule has 1 aliphatic rings. The Morgan fingerprint density at radius 1 is 1.33 bits per heavy atom. The molecule has 100 valence electrons. The van der Waals surface area contributed by atoms with E-state index in [1.807, 2.05) is 13.8 Å². The molecule has 2 nitrogen and oxygen atoms in total. The summed E-state index contributed by atoms with van der Waals surface area (Å²) in [5.41, 5.74) is 0.379. The summed E-state index contributed by atoms with van der Waals surface area (Å²) >= 11 is 0.367. The molecule has 0 aromatic carbocycles. The largest absolute Gasteiger partial charge is 0.477 e. The predicted octanol–water partition coefficient (Wildman–Crippen LogP) is 3.98. The van der Waals surface area contributed by atoms with E-state index in [0.29, 0.717) is 36.2 Å². The molecule has 0 saturated heterocycles. The van der Waals surface area contributed by atoms with Crippen molar-refractivity contribution >= 4 is 17.3 Å². The highest BCUT2D eigenvalue weighted by Gasteiger charge is 2.42. The summed E-state index contributed by atoms with van der Waals surface area (Å²) in [7, 11) is 0. The summed E-state index contributed by atoms with van der Waals surface area (Å²) in [5, 5.41) is 8.99. The van der Waals surface area contributed by atoms with Gasteiger partial charge in [-0.3, -0.25) is 0 Å². The van der Waals surface area contributed by atoms with Crippen molar-refractivity contribution in [3.05, 3.63) is 20.9 Å². The molecular formula is C12H13F3O2S. The molecule has 0 unspecified atom stereocenters. The van der Waals surface area contributed by atoms with Gasteiger partial charge >= 0.3 is 12.1 Å². The fourth-order valence-electron chi connectivity index (χ4n) is 2.38. The van der Waals surface area contributed by atoms with Gasteiger partial charge in [0.25, 0.3) is 0 Å². The van der Waals surface area contributed by atoms with Gasteiger partial charge in [0, 0.05) is 0 Å². The lowest BCUT2D eigenvalue weighted by Crippen LogP contribution is -2.24. The monoisotopic (exact) mass is 278 g/mol.